The molecule has 5 nitrogen and oxygen atoms in total. The second kappa shape index (κ2) is 3.83. The quantitative estimate of drug-likeness (QED) is 0.771. The van der Waals surface area contributed by atoms with E-state index >= 15 is 0 Å². The van der Waals surface area contributed by atoms with Gasteiger partial charge in [0.25, 0.3) is 5.91 Å². The Bertz CT molecular complexity index is 484. The molecule has 0 aliphatic carbocycles. The van der Waals surface area contributed by atoms with E-state index in [1.165, 1.54) is 12.3 Å². The molecule has 0 saturated carbocycles. The molecule has 0 aliphatic heterocycles. The van der Waals surface area contributed by atoms with Crippen LogP contribution < -0.4 is 5.73 Å². The van der Waals surface area contributed by atoms with Crippen molar-refractivity contribution in [2.24, 2.45) is 5.73 Å². The SMILES string of the molecule is NC(=O)c1ccnc(-c2ccncc2)n1. The minimum Gasteiger partial charge on any atom is -0.364 e. The fourth-order valence-electron chi connectivity index (χ4n) is 1.14. The Morgan fingerprint density at radius 2 is 1.87 bits per heavy atom. The molecule has 0 saturated heterocycles. The summed E-state index contributed by atoms with van der Waals surface area (Å²) in [6.07, 6.45) is 4.77. The largest absolute Gasteiger partial charge is 0.364 e. The predicted octanol–water partition coefficient (Wildman–Crippen LogP) is 0.637. The van der Waals surface area contributed by atoms with Gasteiger partial charge in [-0.2, -0.15) is 0 Å². The molecule has 2 aromatic rings. The molecule has 0 radical (unpaired) electrons. The highest BCUT2D eigenvalue weighted by Crippen LogP contribution is 2.12. The zero-order chi connectivity index (χ0) is 10.7. The number of carbonyl (C=O) groups excluding carboxylic acids is 1. The van der Waals surface area contributed by atoms with Gasteiger partial charge in [0.2, 0.25) is 0 Å². The van der Waals surface area contributed by atoms with E-state index in [9.17, 15) is 4.79 Å². The Hall–Kier alpha value is -2.30. The van der Waals surface area contributed by atoms with Crippen molar-refractivity contribution in [1.29, 1.82) is 0 Å². The highest BCUT2D eigenvalue weighted by Gasteiger charge is 2.05. The van der Waals surface area contributed by atoms with E-state index in [0.717, 1.165) is 5.56 Å². The molecule has 0 atom stereocenters. The Morgan fingerprint density at radius 3 is 2.53 bits per heavy atom. The summed E-state index contributed by atoms with van der Waals surface area (Å²) >= 11 is 0. The van der Waals surface area contributed by atoms with Gasteiger partial charge in [-0.25, -0.2) is 9.97 Å². The number of aromatic nitrogens is 3. The lowest BCUT2D eigenvalue weighted by Gasteiger charge is -2.00. The van der Waals surface area contributed by atoms with Crippen LogP contribution in [0.15, 0.2) is 36.8 Å². The van der Waals surface area contributed by atoms with E-state index in [2.05, 4.69) is 15.0 Å². The molecular weight excluding hydrogens is 192 g/mol. The molecule has 2 heterocycles. The fourth-order valence-corrected chi connectivity index (χ4v) is 1.14. The number of rotatable bonds is 2. The summed E-state index contributed by atoms with van der Waals surface area (Å²) < 4.78 is 0. The summed E-state index contributed by atoms with van der Waals surface area (Å²) in [4.78, 5) is 22.9. The fraction of sp³-hybridized carbons (Fsp3) is 0. The zero-order valence-electron chi connectivity index (χ0n) is 7.79. The van der Waals surface area contributed by atoms with E-state index in [0.29, 0.717) is 5.82 Å². The first-order valence-corrected chi connectivity index (χ1v) is 4.30. The van der Waals surface area contributed by atoms with Crippen molar-refractivity contribution in [2.45, 2.75) is 0 Å². The number of primary amides is 1. The summed E-state index contributed by atoms with van der Waals surface area (Å²) in [6, 6.07) is 5.01. The van der Waals surface area contributed by atoms with Gasteiger partial charge in [-0.1, -0.05) is 0 Å². The first-order valence-electron chi connectivity index (χ1n) is 4.30. The molecular formula is C10H8N4O. The molecule has 15 heavy (non-hydrogen) atoms. The number of nitrogens with zero attached hydrogens (tertiary/aromatic N) is 3. The van der Waals surface area contributed by atoms with Gasteiger partial charge in [0.05, 0.1) is 0 Å². The zero-order valence-corrected chi connectivity index (χ0v) is 7.79. The minimum absolute atomic E-state index is 0.205. The van der Waals surface area contributed by atoms with Gasteiger partial charge in [0, 0.05) is 24.2 Å². The van der Waals surface area contributed by atoms with E-state index in [1.54, 1.807) is 24.5 Å². The lowest BCUT2D eigenvalue weighted by atomic mass is 10.2. The van der Waals surface area contributed by atoms with Crippen molar-refractivity contribution in [1.82, 2.24) is 15.0 Å². The van der Waals surface area contributed by atoms with Gasteiger partial charge in [0.15, 0.2) is 5.82 Å². The molecule has 0 bridgehead atoms. The average molecular weight is 200 g/mol. The first kappa shape index (κ1) is 9.26. The molecule has 74 valence electrons. The highest BCUT2D eigenvalue weighted by molar-refractivity contribution is 5.91. The standard InChI is InChI=1S/C10H8N4O/c11-9(15)8-3-6-13-10(14-8)7-1-4-12-5-2-7/h1-6H,(H2,11,15). The lowest BCUT2D eigenvalue weighted by Crippen LogP contribution is -2.13. The van der Waals surface area contributed by atoms with E-state index in [-0.39, 0.29) is 5.69 Å². The van der Waals surface area contributed by atoms with Crippen LogP contribution in [0.1, 0.15) is 10.5 Å². The second-order valence-electron chi connectivity index (χ2n) is 2.87. The average Bonchev–Trinajstić information content (AvgIpc) is 2.30. The molecule has 0 unspecified atom stereocenters. The molecule has 0 fully saturated rings. The van der Waals surface area contributed by atoms with Crippen LogP contribution in [-0.4, -0.2) is 20.9 Å². The molecule has 2 N–H and O–H groups in total. The van der Waals surface area contributed by atoms with Crippen molar-refractivity contribution in [3.05, 3.63) is 42.5 Å². The maximum atomic E-state index is 10.9. The maximum Gasteiger partial charge on any atom is 0.267 e. The molecule has 2 aromatic heterocycles. The molecule has 0 aromatic carbocycles. The molecule has 2 rings (SSSR count). The Kier molecular flexibility index (Phi) is 2.37. The van der Waals surface area contributed by atoms with Gasteiger partial charge in [-0.3, -0.25) is 9.78 Å². The summed E-state index contributed by atoms with van der Waals surface area (Å²) in [5.41, 5.74) is 6.12. The number of nitrogens with two attached hydrogens (primary N) is 1. The van der Waals surface area contributed by atoms with Gasteiger partial charge in [0.1, 0.15) is 5.69 Å². The van der Waals surface area contributed by atoms with Crippen molar-refractivity contribution >= 4 is 5.91 Å². The number of hydrogen-bond donors (Lipinski definition) is 1. The third kappa shape index (κ3) is 1.96. The number of amides is 1. The van der Waals surface area contributed by atoms with Crippen molar-refractivity contribution in [2.75, 3.05) is 0 Å². The Balaban J connectivity index is 2.46. The summed E-state index contributed by atoms with van der Waals surface area (Å²) in [6.45, 7) is 0. The van der Waals surface area contributed by atoms with Crippen LogP contribution in [0.4, 0.5) is 0 Å². The van der Waals surface area contributed by atoms with E-state index in [4.69, 9.17) is 5.73 Å². The third-order valence-corrected chi connectivity index (χ3v) is 1.85. The summed E-state index contributed by atoms with van der Waals surface area (Å²) in [5, 5.41) is 0. The predicted molar refractivity (Wildman–Crippen MR) is 53.8 cm³/mol. The molecule has 0 spiro atoms. The van der Waals surface area contributed by atoms with Crippen LogP contribution in [0.2, 0.25) is 0 Å². The van der Waals surface area contributed by atoms with Crippen LogP contribution in [0.3, 0.4) is 0 Å². The minimum atomic E-state index is -0.562. The van der Waals surface area contributed by atoms with Crippen LogP contribution in [0, 0.1) is 0 Å². The normalized spacial score (nSPS) is 9.87. The van der Waals surface area contributed by atoms with Gasteiger partial charge in [-0.15, -0.1) is 0 Å². The monoisotopic (exact) mass is 200 g/mol. The highest BCUT2D eigenvalue weighted by atomic mass is 16.1. The first-order chi connectivity index (χ1) is 7.27. The molecule has 5 heteroatoms. The van der Waals surface area contributed by atoms with Crippen LogP contribution >= 0.6 is 0 Å². The smallest absolute Gasteiger partial charge is 0.267 e. The second-order valence-corrected chi connectivity index (χ2v) is 2.87. The molecule has 1 amide bonds. The summed E-state index contributed by atoms with van der Waals surface area (Å²) in [7, 11) is 0. The van der Waals surface area contributed by atoms with Crippen molar-refractivity contribution < 1.29 is 4.79 Å². The summed E-state index contributed by atoms with van der Waals surface area (Å²) in [5.74, 6) is -0.0959. The topological polar surface area (TPSA) is 81.8 Å². The van der Waals surface area contributed by atoms with Crippen LogP contribution in [0.25, 0.3) is 11.4 Å². The van der Waals surface area contributed by atoms with Crippen LogP contribution in [0.5, 0.6) is 0 Å². The van der Waals surface area contributed by atoms with Gasteiger partial charge in [-0.05, 0) is 18.2 Å². The number of hydrogen-bond acceptors (Lipinski definition) is 4. The number of carbonyl (C=O) groups is 1. The van der Waals surface area contributed by atoms with Crippen LogP contribution in [-0.2, 0) is 0 Å². The van der Waals surface area contributed by atoms with Gasteiger partial charge < -0.3 is 5.73 Å². The van der Waals surface area contributed by atoms with E-state index in [1.807, 2.05) is 0 Å². The maximum absolute atomic E-state index is 10.9. The van der Waals surface area contributed by atoms with Gasteiger partial charge >= 0.3 is 0 Å². The van der Waals surface area contributed by atoms with Crippen molar-refractivity contribution in [3.8, 4) is 11.4 Å². The number of pyridine rings is 1. The lowest BCUT2D eigenvalue weighted by molar-refractivity contribution is 0.0995. The van der Waals surface area contributed by atoms with Crippen molar-refractivity contribution in [3.63, 3.8) is 0 Å². The third-order valence-electron chi connectivity index (χ3n) is 1.85. The van der Waals surface area contributed by atoms with E-state index < -0.39 is 5.91 Å². The Labute approximate surface area is 86.0 Å². The molecule has 0 aliphatic rings. The Morgan fingerprint density at radius 1 is 1.13 bits per heavy atom.